The summed E-state index contributed by atoms with van der Waals surface area (Å²) in [6.45, 7) is 0.934. The molecule has 2 rings (SSSR count). The lowest BCUT2D eigenvalue weighted by atomic mass is 10.3. The van der Waals surface area contributed by atoms with Crippen LogP contribution in [0.3, 0.4) is 0 Å². The van der Waals surface area contributed by atoms with Crippen LogP contribution in [0.15, 0.2) is 53.4 Å². The van der Waals surface area contributed by atoms with Crippen molar-refractivity contribution in [2.45, 2.75) is 17.9 Å². The fraction of sp³-hybridized carbons (Fsp3) is 0.263. The van der Waals surface area contributed by atoms with Crippen LogP contribution in [0, 0.1) is 0 Å². The SMILES string of the molecule is CC(Oc1cccc(Cl)c1)C(=O)OCC(=O)Nc1cccc(S(=O)(=O)N(C)C)c1. The average molecular weight is 441 g/mol. The van der Waals surface area contributed by atoms with Gasteiger partial charge in [-0.15, -0.1) is 0 Å². The molecule has 10 heteroatoms. The van der Waals surface area contributed by atoms with Crippen molar-refractivity contribution in [3.05, 3.63) is 53.6 Å². The van der Waals surface area contributed by atoms with Gasteiger partial charge in [0, 0.05) is 24.8 Å². The van der Waals surface area contributed by atoms with Crippen molar-refractivity contribution in [2.75, 3.05) is 26.0 Å². The Hall–Kier alpha value is -2.62. The van der Waals surface area contributed by atoms with Crippen LogP contribution < -0.4 is 10.1 Å². The second-order valence-electron chi connectivity index (χ2n) is 6.19. The second kappa shape index (κ2) is 9.73. The normalized spacial score (nSPS) is 12.3. The number of halogens is 1. The topological polar surface area (TPSA) is 102 Å². The molecule has 1 amide bonds. The number of hydrogen-bond donors (Lipinski definition) is 1. The maximum Gasteiger partial charge on any atom is 0.347 e. The third kappa shape index (κ3) is 6.45. The van der Waals surface area contributed by atoms with Gasteiger partial charge in [-0.1, -0.05) is 23.7 Å². The molecule has 156 valence electrons. The van der Waals surface area contributed by atoms with E-state index in [4.69, 9.17) is 21.1 Å². The third-order valence-electron chi connectivity index (χ3n) is 3.68. The van der Waals surface area contributed by atoms with Crippen LogP contribution in [0.5, 0.6) is 5.75 Å². The number of amides is 1. The molecule has 0 radical (unpaired) electrons. The fourth-order valence-corrected chi connectivity index (χ4v) is 3.32. The monoisotopic (exact) mass is 440 g/mol. The zero-order chi connectivity index (χ0) is 21.6. The Bertz CT molecular complexity index is 994. The highest BCUT2D eigenvalue weighted by atomic mass is 35.5. The highest BCUT2D eigenvalue weighted by Gasteiger charge is 2.19. The molecule has 0 bridgehead atoms. The van der Waals surface area contributed by atoms with Gasteiger partial charge in [0.2, 0.25) is 10.0 Å². The summed E-state index contributed by atoms with van der Waals surface area (Å²) in [5.41, 5.74) is 0.261. The number of nitrogens with one attached hydrogen (secondary N) is 1. The smallest absolute Gasteiger partial charge is 0.347 e. The van der Waals surface area contributed by atoms with E-state index < -0.39 is 34.6 Å². The Labute approximate surface area is 174 Å². The Kier molecular flexibility index (Phi) is 7.60. The largest absolute Gasteiger partial charge is 0.479 e. The van der Waals surface area contributed by atoms with Gasteiger partial charge in [0.25, 0.3) is 5.91 Å². The first-order valence-electron chi connectivity index (χ1n) is 8.51. The number of nitrogens with zero attached hydrogens (tertiary/aromatic N) is 1. The zero-order valence-corrected chi connectivity index (χ0v) is 17.7. The van der Waals surface area contributed by atoms with Gasteiger partial charge in [0.05, 0.1) is 4.90 Å². The molecule has 8 nitrogen and oxygen atoms in total. The summed E-state index contributed by atoms with van der Waals surface area (Å²) in [4.78, 5) is 24.1. The van der Waals surface area contributed by atoms with Gasteiger partial charge < -0.3 is 14.8 Å². The molecule has 0 aromatic heterocycles. The predicted octanol–water partition coefficient (Wildman–Crippen LogP) is 2.54. The summed E-state index contributed by atoms with van der Waals surface area (Å²) in [7, 11) is -0.815. The Morgan fingerprint density at radius 1 is 1.14 bits per heavy atom. The van der Waals surface area contributed by atoms with E-state index in [-0.39, 0.29) is 10.6 Å². The van der Waals surface area contributed by atoms with E-state index in [1.165, 1.54) is 45.3 Å². The standard InChI is InChI=1S/C19H21ClN2O6S/c1-13(28-16-8-4-6-14(20)10-16)19(24)27-12-18(23)21-15-7-5-9-17(11-15)29(25,26)22(2)3/h4-11,13H,12H2,1-3H3,(H,21,23). The van der Waals surface area contributed by atoms with Crippen molar-refractivity contribution in [1.82, 2.24) is 4.31 Å². The fourth-order valence-electron chi connectivity index (χ4n) is 2.19. The number of ether oxygens (including phenoxy) is 2. The van der Waals surface area contributed by atoms with Gasteiger partial charge in [-0.2, -0.15) is 0 Å². The van der Waals surface area contributed by atoms with Crippen LogP contribution >= 0.6 is 11.6 Å². The van der Waals surface area contributed by atoms with E-state index in [1.54, 1.807) is 24.3 Å². The summed E-state index contributed by atoms with van der Waals surface area (Å²) in [5.74, 6) is -0.956. The molecule has 0 heterocycles. The molecule has 2 aromatic rings. The zero-order valence-electron chi connectivity index (χ0n) is 16.1. The van der Waals surface area contributed by atoms with Gasteiger partial charge in [-0.05, 0) is 43.3 Å². The number of sulfonamides is 1. The number of anilines is 1. The van der Waals surface area contributed by atoms with Crippen LogP contribution in [0.2, 0.25) is 5.02 Å². The number of benzene rings is 2. The molecule has 0 aliphatic carbocycles. The molecule has 2 aromatic carbocycles. The van der Waals surface area contributed by atoms with Crippen molar-refractivity contribution < 1.29 is 27.5 Å². The molecular weight excluding hydrogens is 420 g/mol. The Morgan fingerprint density at radius 2 is 1.83 bits per heavy atom. The van der Waals surface area contributed by atoms with Crippen molar-refractivity contribution >= 4 is 39.2 Å². The van der Waals surface area contributed by atoms with Crippen LogP contribution in [0.1, 0.15) is 6.92 Å². The lowest BCUT2D eigenvalue weighted by Gasteiger charge is -2.14. The Morgan fingerprint density at radius 3 is 2.48 bits per heavy atom. The first kappa shape index (κ1) is 22.7. The molecule has 0 aliphatic rings. The van der Waals surface area contributed by atoms with Crippen LogP contribution in [0.25, 0.3) is 0 Å². The maximum absolute atomic E-state index is 12.2. The minimum absolute atomic E-state index is 0.0286. The van der Waals surface area contributed by atoms with E-state index in [2.05, 4.69) is 5.32 Å². The average Bonchev–Trinajstić information content (AvgIpc) is 2.66. The van der Waals surface area contributed by atoms with E-state index in [0.29, 0.717) is 10.8 Å². The molecule has 0 fully saturated rings. The lowest BCUT2D eigenvalue weighted by molar-refractivity contribution is -0.153. The number of hydrogen-bond acceptors (Lipinski definition) is 6. The van der Waals surface area contributed by atoms with E-state index >= 15 is 0 Å². The highest BCUT2D eigenvalue weighted by Crippen LogP contribution is 2.19. The van der Waals surface area contributed by atoms with Gasteiger partial charge in [-0.3, -0.25) is 4.79 Å². The first-order chi connectivity index (χ1) is 13.6. The van der Waals surface area contributed by atoms with Crippen LogP contribution in [-0.4, -0.2) is 51.4 Å². The predicted molar refractivity (Wildman–Crippen MR) is 108 cm³/mol. The molecule has 29 heavy (non-hydrogen) atoms. The van der Waals surface area contributed by atoms with Crippen molar-refractivity contribution in [2.24, 2.45) is 0 Å². The van der Waals surface area contributed by atoms with Gasteiger partial charge >= 0.3 is 5.97 Å². The molecule has 1 N–H and O–H groups in total. The Balaban J connectivity index is 1.90. The summed E-state index contributed by atoms with van der Waals surface area (Å²) in [5, 5.41) is 2.95. The number of carbonyl (C=O) groups is 2. The van der Waals surface area contributed by atoms with Gasteiger partial charge in [0.1, 0.15) is 5.75 Å². The highest BCUT2D eigenvalue weighted by molar-refractivity contribution is 7.89. The first-order valence-corrected chi connectivity index (χ1v) is 10.3. The van der Waals surface area contributed by atoms with Gasteiger partial charge in [0.15, 0.2) is 12.7 Å². The van der Waals surface area contributed by atoms with Crippen LogP contribution in [0.4, 0.5) is 5.69 Å². The minimum Gasteiger partial charge on any atom is -0.479 e. The van der Waals surface area contributed by atoms with Crippen molar-refractivity contribution in [1.29, 1.82) is 0 Å². The molecule has 0 saturated heterocycles. The number of esters is 1. The summed E-state index contributed by atoms with van der Waals surface area (Å²) < 4.78 is 35.7. The molecule has 1 atom stereocenters. The molecule has 1 unspecified atom stereocenters. The van der Waals surface area contributed by atoms with E-state index in [0.717, 1.165) is 4.31 Å². The number of rotatable bonds is 8. The van der Waals surface area contributed by atoms with E-state index in [1.807, 2.05) is 0 Å². The molecule has 0 spiro atoms. The molecular formula is C19H21ClN2O6S. The van der Waals surface area contributed by atoms with Crippen molar-refractivity contribution in [3.63, 3.8) is 0 Å². The summed E-state index contributed by atoms with van der Waals surface area (Å²) in [6.07, 6.45) is -0.949. The van der Waals surface area contributed by atoms with Gasteiger partial charge in [-0.25, -0.2) is 17.5 Å². The number of carbonyl (C=O) groups excluding carboxylic acids is 2. The minimum atomic E-state index is -3.63. The van der Waals surface area contributed by atoms with Crippen molar-refractivity contribution in [3.8, 4) is 5.75 Å². The summed E-state index contributed by atoms with van der Waals surface area (Å²) >= 11 is 5.85. The summed E-state index contributed by atoms with van der Waals surface area (Å²) in [6, 6.07) is 12.3. The molecule has 0 aliphatic heterocycles. The lowest BCUT2D eigenvalue weighted by Crippen LogP contribution is -2.29. The van der Waals surface area contributed by atoms with E-state index in [9.17, 15) is 18.0 Å². The third-order valence-corrected chi connectivity index (χ3v) is 5.73. The maximum atomic E-state index is 12.2. The van der Waals surface area contributed by atoms with Crippen LogP contribution in [-0.2, 0) is 24.3 Å². The second-order valence-corrected chi connectivity index (χ2v) is 8.78. The quantitative estimate of drug-likeness (QED) is 0.633. The molecule has 0 saturated carbocycles.